The van der Waals surface area contributed by atoms with E-state index in [4.69, 9.17) is 4.74 Å². The van der Waals surface area contributed by atoms with Crippen molar-refractivity contribution in [3.8, 4) is 16.9 Å². The molecule has 0 N–H and O–H groups in total. The van der Waals surface area contributed by atoms with Crippen molar-refractivity contribution in [2.45, 2.75) is 32.6 Å². The smallest absolute Gasteiger partial charge is 0.119 e. The first-order valence-corrected chi connectivity index (χ1v) is 9.50. The minimum atomic E-state index is 0.768. The number of aromatic nitrogens is 1. The molecule has 27 heavy (non-hydrogen) atoms. The first kappa shape index (κ1) is 18.8. The summed E-state index contributed by atoms with van der Waals surface area (Å²) >= 11 is 0. The molecule has 1 heterocycles. The van der Waals surface area contributed by atoms with Gasteiger partial charge in [0.1, 0.15) is 5.75 Å². The van der Waals surface area contributed by atoms with Gasteiger partial charge in [0.2, 0.25) is 0 Å². The Kier molecular flexibility index (Phi) is 7.10. The second kappa shape index (κ2) is 10.2. The fourth-order valence-corrected chi connectivity index (χ4v) is 2.70. The summed E-state index contributed by atoms with van der Waals surface area (Å²) in [5.74, 6) is 0.881. The molecule has 0 aliphatic carbocycles. The molecule has 0 atom stereocenters. The predicted octanol–water partition coefficient (Wildman–Crippen LogP) is 7.12. The molecular weight excluding hydrogens is 334 g/mol. The van der Waals surface area contributed by atoms with Gasteiger partial charge in [-0.25, -0.2) is 0 Å². The van der Waals surface area contributed by atoms with Gasteiger partial charge in [0.05, 0.1) is 18.0 Å². The van der Waals surface area contributed by atoms with Crippen LogP contribution in [0.15, 0.2) is 83.3 Å². The van der Waals surface area contributed by atoms with E-state index in [1.807, 2.05) is 66.9 Å². The highest BCUT2D eigenvalue weighted by molar-refractivity contribution is 5.64. The molecule has 3 rings (SSSR count). The third kappa shape index (κ3) is 6.03. The van der Waals surface area contributed by atoms with Crippen LogP contribution in [-0.4, -0.2) is 11.6 Å². The average molecular weight is 359 g/mol. The van der Waals surface area contributed by atoms with Crippen molar-refractivity contribution in [3.05, 3.63) is 73.1 Å². The predicted molar refractivity (Wildman–Crippen MR) is 110 cm³/mol. The van der Waals surface area contributed by atoms with Crippen molar-refractivity contribution in [2.24, 2.45) is 10.2 Å². The molecule has 0 saturated heterocycles. The molecule has 4 heteroatoms. The third-order valence-electron chi connectivity index (χ3n) is 4.25. The van der Waals surface area contributed by atoms with E-state index in [2.05, 4.69) is 22.1 Å². The van der Waals surface area contributed by atoms with Gasteiger partial charge in [0.15, 0.2) is 0 Å². The zero-order valence-electron chi connectivity index (χ0n) is 15.7. The lowest BCUT2D eigenvalue weighted by atomic mass is 10.1. The number of hydrogen-bond acceptors (Lipinski definition) is 4. The molecule has 138 valence electrons. The maximum absolute atomic E-state index is 5.75. The summed E-state index contributed by atoms with van der Waals surface area (Å²) in [6.07, 6.45) is 8.46. The number of ether oxygens (including phenoxy) is 1. The Labute approximate surface area is 161 Å². The summed E-state index contributed by atoms with van der Waals surface area (Å²) in [7, 11) is 0. The quantitative estimate of drug-likeness (QED) is 0.301. The van der Waals surface area contributed by atoms with Crippen LogP contribution in [0.1, 0.15) is 32.6 Å². The topological polar surface area (TPSA) is 46.8 Å². The maximum atomic E-state index is 5.75. The molecule has 1 aromatic heterocycles. The first-order chi connectivity index (χ1) is 13.3. The number of rotatable bonds is 9. The SMILES string of the molecule is CCCCCCOc1ccc(N=Nc2ccc(-c3cccnc3)cc2)cc1. The van der Waals surface area contributed by atoms with E-state index in [0.717, 1.165) is 41.3 Å². The second-order valence-electron chi connectivity index (χ2n) is 6.39. The van der Waals surface area contributed by atoms with Crippen LogP contribution < -0.4 is 4.74 Å². The Bertz CT molecular complexity index is 828. The molecule has 0 amide bonds. The Hall–Kier alpha value is -3.01. The molecule has 3 aromatic rings. The Morgan fingerprint density at radius 1 is 0.778 bits per heavy atom. The van der Waals surface area contributed by atoms with Gasteiger partial charge in [0.25, 0.3) is 0 Å². The number of nitrogens with zero attached hydrogens (tertiary/aromatic N) is 3. The summed E-state index contributed by atoms with van der Waals surface area (Å²) < 4.78 is 5.75. The van der Waals surface area contributed by atoms with Crippen LogP contribution in [-0.2, 0) is 0 Å². The van der Waals surface area contributed by atoms with Crippen LogP contribution >= 0.6 is 0 Å². The third-order valence-corrected chi connectivity index (χ3v) is 4.25. The lowest BCUT2D eigenvalue weighted by Crippen LogP contribution is -1.96. The molecule has 2 aromatic carbocycles. The lowest BCUT2D eigenvalue weighted by Gasteiger charge is -2.05. The molecule has 0 aliphatic heterocycles. The minimum Gasteiger partial charge on any atom is -0.494 e. The van der Waals surface area contributed by atoms with Gasteiger partial charge < -0.3 is 4.74 Å². The van der Waals surface area contributed by atoms with Crippen LogP contribution in [0.3, 0.4) is 0 Å². The number of pyridine rings is 1. The van der Waals surface area contributed by atoms with E-state index in [1.54, 1.807) is 6.20 Å². The van der Waals surface area contributed by atoms with Gasteiger partial charge in [-0.3, -0.25) is 4.98 Å². The van der Waals surface area contributed by atoms with Crippen molar-refractivity contribution >= 4 is 11.4 Å². The van der Waals surface area contributed by atoms with Crippen LogP contribution in [0.2, 0.25) is 0 Å². The number of unbranched alkanes of at least 4 members (excludes halogenated alkanes) is 3. The molecule has 0 fully saturated rings. The average Bonchev–Trinajstić information content (AvgIpc) is 2.74. The first-order valence-electron chi connectivity index (χ1n) is 9.50. The highest BCUT2D eigenvalue weighted by atomic mass is 16.5. The van der Waals surface area contributed by atoms with E-state index in [0.29, 0.717) is 0 Å². The molecule has 0 saturated carbocycles. The summed E-state index contributed by atoms with van der Waals surface area (Å²) in [4.78, 5) is 4.15. The van der Waals surface area contributed by atoms with Crippen LogP contribution in [0.5, 0.6) is 5.75 Å². The van der Waals surface area contributed by atoms with Gasteiger partial charge in [-0.15, -0.1) is 0 Å². The molecule has 0 bridgehead atoms. The number of hydrogen-bond donors (Lipinski definition) is 0. The van der Waals surface area contributed by atoms with Gasteiger partial charge in [-0.05, 0) is 60.0 Å². The molecular formula is C23H25N3O. The van der Waals surface area contributed by atoms with E-state index in [9.17, 15) is 0 Å². The summed E-state index contributed by atoms with van der Waals surface area (Å²) in [5.41, 5.74) is 3.83. The van der Waals surface area contributed by atoms with Crippen molar-refractivity contribution < 1.29 is 4.74 Å². The fraction of sp³-hybridized carbons (Fsp3) is 0.261. The monoisotopic (exact) mass is 359 g/mol. The number of azo groups is 1. The van der Waals surface area contributed by atoms with Crippen LogP contribution in [0.25, 0.3) is 11.1 Å². The van der Waals surface area contributed by atoms with Gasteiger partial charge >= 0.3 is 0 Å². The van der Waals surface area contributed by atoms with E-state index in [-0.39, 0.29) is 0 Å². The van der Waals surface area contributed by atoms with Crippen molar-refractivity contribution in [1.82, 2.24) is 4.98 Å². The maximum Gasteiger partial charge on any atom is 0.119 e. The molecule has 0 spiro atoms. The van der Waals surface area contributed by atoms with Crippen molar-refractivity contribution in [3.63, 3.8) is 0 Å². The molecule has 0 aliphatic rings. The van der Waals surface area contributed by atoms with E-state index >= 15 is 0 Å². The largest absolute Gasteiger partial charge is 0.494 e. The normalized spacial score (nSPS) is 11.0. The Morgan fingerprint density at radius 2 is 1.48 bits per heavy atom. The Balaban J connectivity index is 1.53. The fourth-order valence-electron chi connectivity index (χ4n) is 2.70. The Morgan fingerprint density at radius 3 is 2.11 bits per heavy atom. The lowest BCUT2D eigenvalue weighted by molar-refractivity contribution is 0.305. The van der Waals surface area contributed by atoms with E-state index < -0.39 is 0 Å². The minimum absolute atomic E-state index is 0.768. The van der Waals surface area contributed by atoms with Crippen molar-refractivity contribution in [1.29, 1.82) is 0 Å². The van der Waals surface area contributed by atoms with Gasteiger partial charge in [-0.2, -0.15) is 10.2 Å². The van der Waals surface area contributed by atoms with Crippen LogP contribution in [0, 0.1) is 0 Å². The summed E-state index contributed by atoms with van der Waals surface area (Å²) in [6, 6.07) is 19.7. The molecule has 4 nitrogen and oxygen atoms in total. The van der Waals surface area contributed by atoms with Crippen LogP contribution in [0.4, 0.5) is 11.4 Å². The zero-order valence-corrected chi connectivity index (χ0v) is 15.7. The van der Waals surface area contributed by atoms with Gasteiger partial charge in [-0.1, -0.05) is 44.4 Å². The second-order valence-corrected chi connectivity index (χ2v) is 6.39. The summed E-state index contributed by atoms with van der Waals surface area (Å²) in [5, 5.41) is 8.60. The summed E-state index contributed by atoms with van der Waals surface area (Å²) in [6.45, 7) is 2.98. The standard InChI is InChI=1S/C23H25N3O/c1-2-3-4-5-17-27-23-14-12-22(13-15-23)26-25-21-10-8-19(9-11-21)20-7-6-16-24-18-20/h6-16,18H,2-5,17H2,1H3. The van der Waals surface area contributed by atoms with Crippen molar-refractivity contribution in [2.75, 3.05) is 6.61 Å². The number of benzene rings is 2. The molecule has 0 unspecified atom stereocenters. The molecule has 0 radical (unpaired) electrons. The van der Waals surface area contributed by atoms with Gasteiger partial charge in [0, 0.05) is 12.4 Å². The highest BCUT2D eigenvalue weighted by Crippen LogP contribution is 2.24. The van der Waals surface area contributed by atoms with E-state index in [1.165, 1.54) is 19.3 Å². The zero-order chi connectivity index (χ0) is 18.7. The highest BCUT2D eigenvalue weighted by Gasteiger charge is 1.98.